The van der Waals surface area contributed by atoms with Crippen LogP contribution >= 0.6 is 11.6 Å². The molecule has 0 aromatic heterocycles. The van der Waals surface area contributed by atoms with Gasteiger partial charge in [-0.3, -0.25) is 0 Å². The van der Waals surface area contributed by atoms with Gasteiger partial charge in [0.05, 0.1) is 11.6 Å². The molecule has 72 valence electrons. The Morgan fingerprint density at radius 1 is 1.46 bits per heavy atom. The molecule has 0 aliphatic carbocycles. The fraction of sp³-hybridized carbons (Fsp3) is 0.400. The van der Waals surface area contributed by atoms with Crippen molar-refractivity contribution in [3.63, 3.8) is 0 Å². The molecule has 0 radical (unpaired) electrons. The van der Waals surface area contributed by atoms with Crippen LogP contribution in [0.1, 0.15) is 13.8 Å². The predicted molar refractivity (Wildman–Crippen MR) is 51.7 cm³/mol. The first-order valence-corrected chi connectivity index (χ1v) is 4.55. The van der Waals surface area contributed by atoms with E-state index in [1.807, 2.05) is 13.8 Å². The maximum atomic E-state index is 12.6. The molecule has 1 aromatic rings. The highest BCUT2D eigenvalue weighted by Crippen LogP contribution is 2.25. The smallest absolute Gasteiger partial charge is 0.138 e. The molecular formula is C10H12ClFO. The molecule has 0 saturated carbocycles. The van der Waals surface area contributed by atoms with E-state index in [4.69, 9.17) is 16.3 Å². The lowest BCUT2D eigenvalue weighted by Crippen LogP contribution is -2.04. The van der Waals surface area contributed by atoms with Gasteiger partial charge in [0.1, 0.15) is 11.6 Å². The van der Waals surface area contributed by atoms with Crippen molar-refractivity contribution in [2.75, 3.05) is 6.61 Å². The van der Waals surface area contributed by atoms with Crippen LogP contribution in [0.5, 0.6) is 5.75 Å². The summed E-state index contributed by atoms with van der Waals surface area (Å²) in [6, 6.07) is 4.12. The van der Waals surface area contributed by atoms with Gasteiger partial charge in [0.25, 0.3) is 0 Å². The lowest BCUT2D eigenvalue weighted by molar-refractivity contribution is 0.271. The van der Waals surface area contributed by atoms with Gasteiger partial charge in [0.2, 0.25) is 0 Å². The summed E-state index contributed by atoms with van der Waals surface area (Å²) in [5.41, 5.74) is 0. The van der Waals surface area contributed by atoms with E-state index < -0.39 is 0 Å². The predicted octanol–water partition coefficient (Wildman–Crippen LogP) is 3.51. The number of halogens is 2. The molecule has 0 unspecified atom stereocenters. The molecule has 0 bridgehead atoms. The zero-order valence-corrected chi connectivity index (χ0v) is 8.44. The van der Waals surface area contributed by atoms with Crippen LogP contribution in [-0.4, -0.2) is 6.61 Å². The molecular weight excluding hydrogens is 191 g/mol. The van der Waals surface area contributed by atoms with Gasteiger partial charge in [-0.1, -0.05) is 25.4 Å². The van der Waals surface area contributed by atoms with Crippen molar-refractivity contribution in [2.45, 2.75) is 13.8 Å². The maximum Gasteiger partial charge on any atom is 0.138 e. The van der Waals surface area contributed by atoms with Gasteiger partial charge in [-0.2, -0.15) is 0 Å². The standard InChI is InChI=1S/C10H12ClFO/c1-7(2)6-13-10-4-3-8(12)5-9(10)11/h3-5,7H,6H2,1-2H3. The lowest BCUT2D eigenvalue weighted by Gasteiger charge is -2.09. The van der Waals surface area contributed by atoms with Crippen LogP contribution in [-0.2, 0) is 0 Å². The minimum absolute atomic E-state index is 0.320. The summed E-state index contributed by atoms with van der Waals surface area (Å²) in [6.45, 7) is 4.67. The highest BCUT2D eigenvalue weighted by atomic mass is 35.5. The fourth-order valence-electron chi connectivity index (χ4n) is 0.849. The second-order valence-electron chi connectivity index (χ2n) is 3.28. The first-order valence-electron chi connectivity index (χ1n) is 4.17. The third-order valence-corrected chi connectivity index (χ3v) is 1.76. The van der Waals surface area contributed by atoms with Crippen molar-refractivity contribution >= 4 is 11.6 Å². The molecule has 13 heavy (non-hydrogen) atoms. The van der Waals surface area contributed by atoms with E-state index in [-0.39, 0.29) is 5.82 Å². The molecule has 0 amide bonds. The van der Waals surface area contributed by atoms with E-state index in [1.165, 1.54) is 12.1 Å². The van der Waals surface area contributed by atoms with Crippen molar-refractivity contribution in [2.24, 2.45) is 5.92 Å². The molecule has 3 heteroatoms. The number of hydrogen-bond acceptors (Lipinski definition) is 1. The highest BCUT2D eigenvalue weighted by Gasteiger charge is 2.03. The number of ether oxygens (including phenoxy) is 1. The summed E-state index contributed by atoms with van der Waals surface area (Å²) in [6.07, 6.45) is 0. The molecule has 0 atom stereocenters. The minimum Gasteiger partial charge on any atom is -0.492 e. The van der Waals surface area contributed by atoms with Crippen molar-refractivity contribution < 1.29 is 9.13 Å². The van der Waals surface area contributed by atoms with Crippen molar-refractivity contribution in [3.8, 4) is 5.75 Å². The molecule has 1 nitrogen and oxygen atoms in total. The molecule has 0 heterocycles. The normalized spacial score (nSPS) is 10.5. The Hall–Kier alpha value is -0.760. The number of hydrogen-bond donors (Lipinski definition) is 0. The number of rotatable bonds is 3. The molecule has 0 aliphatic heterocycles. The molecule has 0 spiro atoms. The quantitative estimate of drug-likeness (QED) is 0.729. The topological polar surface area (TPSA) is 9.23 Å². The summed E-state index contributed by atoms with van der Waals surface area (Å²) in [5.74, 6) is 0.625. The summed E-state index contributed by atoms with van der Waals surface area (Å²) in [5, 5.41) is 0.320. The van der Waals surface area contributed by atoms with E-state index in [0.717, 1.165) is 0 Å². The fourth-order valence-corrected chi connectivity index (χ4v) is 1.07. The van der Waals surface area contributed by atoms with E-state index in [9.17, 15) is 4.39 Å². The van der Waals surface area contributed by atoms with Crippen LogP contribution in [0.4, 0.5) is 4.39 Å². The summed E-state index contributed by atoms with van der Waals surface area (Å²) in [7, 11) is 0. The largest absolute Gasteiger partial charge is 0.492 e. The van der Waals surface area contributed by atoms with Gasteiger partial charge in [0.15, 0.2) is 0 Å². The average Bonchev–Trinajstić information content (AvgIpc) is 2.02. The zero-order valence-electron chi connectivity index (χ0n) is 7.68. The van der Waals surface area contributed by atoms with Crippen molar-refractivity contribution in [1.82, 2.24) is 0 Å². The Balaban J connectivity index is 2.67. The van der Waals surface area contributed by atoms with Gasteiger partial charge < -0.3 is 4.74 Å². The Bertz CT molecular complexity index is 286. The van der Waals surface area contributed by atoms with Crippen molar-refractivity contribution in [1.29, 1.82) is 0 Å². The van der Waals surface area contributed by atoms with Gasteiger partial charge in [-0.05, 0) is 24.1 Å². The van der Waals surface area contributed by atoms with E-state index in [0.29, 0.717) is 23.3 Å². The second kappa shape index (κ2) is 4.47. The molecule has 1 aromatic carbocycles. The molecule has 0 fully saturated rings. The summed E-state index contributed by atoms with van der Waals surface area (Å²) >= 11 is 5.75. The van der Waals surface area contributed by atoms with Crippen LogP contribution in [0, 0.1) is 11.7 Å². The molecule has 1 rings (SSSR count). The summed E-state index contributed by atoms with van der Waals surface area (Å²) in [4.78, 5) is 0. The van der Waals surface area contributed by atoms with Crippen LogP contribution in [0.15, 0.2) is 18.2 Å². The van der Waals surface area contributed by atoms with E-state index >= 15 is 0 Å². The number of benzene rings is 1. The first-order chi connectivity index (χ1) is 6.09. The van der Waals surface area contributed by atoms with Gasteiger partial charge in [-0.15, -0.1) is 0 Å². The Morgan fingerprint density at radius 3 is 2.69 bits per heavy atom. The Kier molecular flexibility index (Phi) is 3.55. The van der Waals surface area contributed by atoms with Gasteiger partial charge >= 0.3 is 0 Å². The van der Waals surface area contributed by atoms with E-state index in [1.54, 1.807) is 6.07 Å². The monoisotopic (exact) mass is 202 g/mol. The summed E-state index contributed by atoms with van der Waals surface area (Å²) < 4.78 is 18.0. The maximum absolute atomic E-state index is 12.6. The van der Waals surface area contributed by atoms with Crippen LogP contribution in [0.25, 0.3) is 0 Å². The Morgan fingerprint density at radius 2 is 2.15 bits per heavy atom. The Labute approximate surface area is 82.5 Å². The van der Waals surface area contributed by atoms with Crippen LogP contribution in [0.3, 0.4) is 0 Å². The van der Waals surface area contributed by atoms with Crippen LogP contribution in [0.2, 0.25) is 5.02 Å². The first kappa shape index (κ1) is 10.3. The third kappa shape index (κ3) is 3.23. The van der Waals surface area contributed by atoms with Gasteiger partial charge in [0, 0.05) is 0 Å². The second-order valence-corrected chi connectivity index (χ2v) is 3.69. The SMILES string of the molecule is CC(C)COc1ccc(F)cc1Cl. The third-order valence-electron chi connectivity index (χ3n) is 1.47. The molecule has 0 saturated heterocycles. The highest BCUT2D eigenvalue weighted by molar-refractivity contribution is 6.32. The zero-order chi connectivity index (χ0) is 9.84. The lowest BCUT2D eigenvalue weighted by atomic mass is 10.2. The van der Waals surface area contributed by atoms with Crippen molar-refractivity contribution in [3.05, 3.63) is 29.0 Å². The minimum atomic E-state index is -0.345. The molecule has 0 aliphatic rings. The van der Waals surface area contributed by atoms with E-state index in [2.05, 4.69) is 0 Å². The molecule has 0 N–H and O–H groups in total. The average molecular weight is 203 g/mol. The van der Waals surface area contributed by atoms with Crippen LogP contribution < -0.4 is 4.74 Å². The van der Waals surface area contributed by atoms with Gasteiger partial charge in [-0.25, -0.2) is 4.39 Å².